The number of piperazine rings is 1. The molecular weight excluding hydrogens is 338 g/mol. The van der Waals surface area contributed by atoms with Crippen LogP contribution in [0.4, 0.5) is 5.69 Å². The Kier molecular flexibility index (Phi) is 5.33. The van der Waals surface area contributed by atoms with Crippen molar-refractivity contribution in [3.05, 3.63) is 46.4 Å². The number of aliphatic carboxylic acids is 1. The maximum absolute atomic E-state index is 12.5. The highest BCUT2D eigenvalue weighted by Crippen LogP contribution is 2.22. The highest BCUT2D eigenvalue weighted by molar-refractivity contribution is 7.09. The largest absolute Gasteiger partial charge is 0.480 e. The number of benzene rings is 1. The fourth-order valence-electron chi connectivity index (χ4n) is 3.09. The summed E-state index contributed by atoms with van der Waals surface area (Å²) in [5.74, 6) is -0.897. The summed E-state index contributed by atoms with van der Waals surface area (Å²) in [7, 11) is 0. The SMILES string of the molecule is Cc1ncsc1CCC(=O)N1CCN(c2ccccc2)[C@@H](C(=O)O)C1. The van der Waals surface area contributed by atoms with E-state index in [9.17, 15) is 14.7 Å². The molecule has 0 bridgehead atoms. The number of anilines is 1. The summed E-state index contributed by atoms with van der Waals surface area (Å²) in [5.41, 5.74) is 3.63. The second kappa shape index (κ2) is 7.65. The number of aryl methyl sites for hydroxylation is 2. The number of amides is 1. The molecule has 1 N–H and O–H groups in total. The zero-order valence-electron chi connectivity index (χ0n) is 14.1. The van der Waals surface area contributed by atoms with Gasteiger partial charge in [-0.3, -0.25) is 4.79 Å². The average Bonchev–Trinajstić information content (AvgIpc) is 3.04. The van der Waals surface area contributed by atoms with Gasteiger partial charge < -0.3 is 14.9 Å². The normalized spacial score (nSPS) is 17.6. The molecule has 1 aliphatic heterocycles. The molecule has 0 radical (unpaired) electrons. The lowest BCUT2D eigenvalue weighted by molar-refractivity contribution is -0.141. The quantitative estimate of drug-likeness (QED) is 0.886. The fourth-order valence-corrected chi connectivity index (χ4v) is 3.88. The Morgan fingerprint density at radius 1 is 1.28 bits per heavy atom. The first-order valence-electron chi connectivity index (χ1n) is 8.27. The molecule has 6 nitrogen and oxygen atoms in total. The minimum atomic E-state index is -0.903. The van der Waals surface area contributed by atoms with Crippen molar-refractivity contribution in [2.75, 3.05) is 24.5 Å². The molecule has 2 aromatic rings. The van der Waals surface area contributed by atoms with Gasteiger partial charge in [-0.2, -0.15) is 0 Å². The third kappa shape index (κ3) is 3.99. The Balaban J connectivity index is 1.64. The van der Waals surface area contributed by atoms with Crippen molar-refractivity contribution in [2.24, 2.45) is 0 Å². The first kappa shape index (κ1) is 17.4. The molecule has 132 valence electrons. The van der Waals surface area contributed by atoms with E-state index in [2.05, 4.69) is 4.98 Å². The number of hydrogen-bond acceptors (Lipinski definition) is 5. The van der Waals surface area contributed by atoms with Crippen molar-refractivity contribution < 1.29 is 14.7 Å². The Morgan fingerprint density at radius 3 is 2.68 bits per heavy atom. The van der Waals surface area contributed by atoms with Gasteiger partial charge in [0.1, 0.15) is 6.04 Å². The number of nitrogens with zero attached hydrogens (tertiary/aromatic N) is 3. The molecular formula is C18H21N3O3S. The number of rotatable bonds is 5. The van der Waals surface area contributed by atoms with Crippen LogP contribution >= 0.6 is 11.3 Å². The molecule has 0 unspecified atom stereocenters. The van der Waals surface area contributed by atoms with Crippen molar-refractivity contribution in [2.45, 2.75) is 25.8 Å². The van der Waals surface area contributed by atoms with Crippen LogP contribution in [-0.2, 0) is 16.0 Å². The third-order valence-electron chi connectivity index (χ3n) is 4.52. The van der Waals surface area contributed by atoms with Gasteiger partial charge in [-0.05, 0) is 25.5 Å². The molecule has 0 aliphatic carbocycles. The van der Waals surface area contributed by atoms with Gasteiger partial charge >= 0.3 is 5.97 Å². The summed E-state index contributed by atoms with van der Waals surface area (Å²) < 4.78 is 0. The molecule has 0 saturated carbocycles. The molecule has 1 aromatic carbocycles. The number of carboxylic acid groups (broad SMARTS) is 1. The topological polar surface area (TPSA) is 73.7 Å². The number of carbonyl (C=O) groups excluding carboxylic acids is 1. The predicted molar refractivity (Wildman–Crippen MR) is 97.0 cm³/mol. The molecule has 7 heteroatoms. The van der Waals surface area contributed by atoms with Crippen LogP contribution in [0.1, 0.15) is 17.0 Å². The predicted octanol–water partition coefficient (Wildman–Crippen LogP) is 2.19. The number of para-hydroxylation sites is 1. The van der Waals surface area contributed by atoms with E-state index in [4.69, 9.17) is 0 Å². The van der Waals surface area contributed by atoms with Gasteiger partial charge in [0.2, 0.25) is 5.91 Å². The number of carboxylic acids is 1. The molecule has 1 aliphatic rings. The van der Waals surface area contributed by atoms with E-state index in [-0.39, 0.29) is 12.5 Å². The van der Waals surface area contributed by atoms with Crippen molar-refractivity contribution in [3.63, 3.8) is 0 Å². The fraction of sp³-hybridized carbons (Fsp3) is 0.389. The van der Waals surface area contributed by atoms with Crippen LogP contribution in [0.2, 0.25) is 0 Å². The maximum atomic E-state index is 12.5. The van der Waals surface area contributed by atoms with E-state index in [1.165, 1.54) is 0 Å². The molecule has 3 rings (SSSR count). The summed E-state index contributed by atoms with van der Waals surface area (Å²) in [4.78, 5) is 33.1. The van der Waals surface area contributed by atoms with E-state index < -0.39 is 12.0 Å². The van der Waals surface area contributed by atoms with E-state index >= 15 is 0 Å². The number of carbonyl (C=O) groups is 2. The highest BCUT2D eigenvalue weighted by Gasteiger charge is 2.34. The lowest BCUT2D eigenvalue weighted by Gasteiger charge is -2.40. The van der Waals surface area contributed by atoms with E-state index in [0.717, 1.165) is 16.3 Å². The zero-order valence-corrected chi connectivity index (χ0v) is 14.9. The van der Waals surface area contributed by atoms with Crippen LogP contribution < -0.4 is 4.90 Å². The summed E-state index contributed by atoms with van der Waals surface area (Å²) in [6, 6.07) is 8.78. The van der Waals surface area contributed by atoms with Crippen LogP contribution in [0.3, 0.4) is 0 Å². The van der Waals surface area contributed by atoms with Gasteiger partial charge in [0.15, 0.2) is 0 Å². The third-order valence-corrected chi connectivity index (χ3v) is 5.51. The number of thiazole rings is 1. The van der Waals surface area contributed by atoms with Gasteiger partial charge in [0.25, 0.3) is 0 Å². The van der Waals surface area contributed by atoms with Crippen LogP contribution in [-0.4, -0.2) is 52.5 Å². The zero-order chi connectivity index (χ0) is 17.8. The van der Waals surface area contributed by atoms with E-state index in [1.54, 1.807) is 21.7 Å². The average molecular weight is 359 g/mol. The van der Waals surface area contributed by atoms with Crippen LogP contribution in [0.25, 0.3) is 0 Å². The first-order valence-corrected chi connectivity index (χ1v) is 9.15. The second-order valence-corrected chi connectivity index (χ2v) is 7.02. The minimum Gasteiger partial charge on any atom is -0.480 e. The van der Waals surface area contributed by atoms with Crippen LogP contribution in [0.15, 0.2) is 35.8 Å². The Hall–Kier alpha value is -2.41. The molecule has 2 heterocycles. The minimum absolute atomic E-state index is 0.00626. The Morgan fingerprint density at radius 2 is 2.04 bits per heavy atom. The molecule has 1 aromatic heterocycles. The summed E-state index contributed by atoms with van der Waals surface area (Å²) >= 11 is 1.56. The van der Waals surface area contributed by atoms with Gasteiger partial charge in [0.05, 0.1) is 17.7 Å². The monoisotopic (exact) mass is 359 g/mol. The van der Waals surface area contributed by atoms with Gasteiger partial charge in [0, 0.05) is 30.1 Å². The van der Waals surface area contributed by atoms with Crippen molar-refractivity contribution >= 4 is 28.9 Å². The molecule has 1 atom stereocenters. The first-order chi connectivity index (χ1) is 12.1. The van der Waals surface area contributed by atoms with Crippen molar-refractivity contribution in [1.82, 2.24) is 9.88 Å². The smallest absolute Gasteiger partial charge is 0.328 e. The standard InChI is InChI=1S/C18H21N3O3S/c1-13-16(25-12-19-13)7-8-17(22)20-9-10-21(15(11-20)18(23)24)14-5-3-2-4-6-14/h2-6,12,15H,7-11H2,1H3,(H,23,24)/t15-/m1/s1. The Bertz CT molecular complexity index is 747. The van der Waals surface area contributed by atoms with Crippen LogP contribution in [0, 0.1) is 6.92 Å². The van der Waals surface area contributed by atoms with Crippen molar-refractivity contribution in [3.8, 4) is 0 Å². The molecule has 25 heavy (non-hydrogen) atoms. The summed E-state index contributed by atoms with van der Waals surface area (Å²) in [6.45, 7) is 3.21. The Labute approximate surface area is 150 Å². The second-order valence-electron chi connectivity index (χ2n) is 6.08. The van der Waals surface area contributed by atoms with E-state index in [1.807, 2.05) is 42.2 Å². The maximum Gasteiger partial charge on any atom is 0.328 e. The molecule has 0 spiro atoms. The summed E-state index contributed by atoms with van der Waals surface area (Å²) in [5, 5.41) is 9.60. The molecule has 1 amide bonds. The lowest BCUT2D eigenvalue weighted by Crippen LogP contribution is -2.58. The summed E-state index contributed by atoms with van der Waals surface area (Å²) in [6.07, 6.45) is 1.05. The van der Waals surface area contributed by atoms with Gasteiger partial charge in [-0.25, -0.2) is 9.78 Å². The highest BCUT2D eigenvalue weighted by atomic mass is 32.1. The molecule has 1 fully saturated rings. The van der Waals surface area contributed by atoms with E-state index in [0.29, 0.717) is 25.9 Å². The number of aromatic nitrogens is 1. The van der Waals surface area contributed by atoms with Crippen LogP contribution in [0.5, 0.6) is 0 Å². The van der Waals surface area contributed by atoms with Crippen molar-refractivity contribution in [1.29, 1.82) is 0 Å². The van der Waals surface area contributed by atoms with Gasteiger partial charge in [-0.1, -0.05) is 18.2 Å². The number of hydrogen-bond donors (Lipinski definition) is 1. The molecule has 1 saturated heterocycles. The van der Waals surface area contributed by atoms with Gasteiger partial charge in [-0.15, -0.1) is 11.3 Å². The lowest BCUT2D eigenvalue weighted by atomic mass is 10.1.